The maximum Gasteiger partial charge on any atom is 0.334 e. The van der Waals surface area contributed by atoms with Gasteiger partial charge in [0.05, 0.1) is 26.4 Å². The summed E-state index contributed by atoms with van der Waals surface area (Å²) >= 11 is 0. The van der Waals surface area contributed by atoms with E-state index in [4.69, 9.17) is 14.2 Å². The van der Waals surface area contributed by atoms with Crippen LogP contribution in [0.2, 0.25) is 0 Å². The number of Topliss-reactive ketones (excluding diaryl/α,β-unsaturated/α-hetero) is 1. The molecule has 0 fully saturated rings. The van der Waals surface area contributed by atoms with Gasteiger partial charge < -0.3 is 19.5 Å². The molecule has 6 nitrogen and oxygen atoms in total. The summed E-state index contributed by atoms with van der Waals surface area (Å²) in [5, 5.41) is 3.21. The van der Waals surface area contributed by atoms with E-state index in [1.165, 1.54) is 0 Å². The van der Waals surface area contributed by atoms with E-state index >= 15 is 0 Å². The Morgan fingerprint density at radius 2 is 1.76 bits per heavy atom. The van der Waals surface area contributed by atoms with Crippen LogP contribution in [-0.4, -0.2) is 31.6 Å². The molecule has 1 aliphatic rings. The number of rotatable bonds is 9. The standard InChI is InChI=1S/C28H33NO5/c1-4-33-28(31)24-12-8-9-13-26(30)25(18-29-22-14-16-23(32-3)17-15-22)27(24)20(2)34-19-21-10-6-5-7-11-21/h5-7,10-11,14-18,20,29H,4,8-9,12-13,19H2,1-3H3/b25-18+,27-24+. The van der Waals surface area contributed by atoms with Gasteiger partial charge in [-0.05, 0) is 62.9 Å². The third-order valence-corrected chi connectivity index (χ3v) is 5.74. The van der Waals surface area contributed by atoms with Crippen LogP contribution < -0.4 is 10.1 Å². The van der Waals surface area contributed by atoms with E-state index < -0.39 is 12.1 Å². The molecule has 1 atom stereocenters. The average Bonchev–Trinajstić information content (AvgIpc) is 2.85. The van der Waals surface area contributed by atoms with Gasteiger partial charge in [0.1, 0.15) is 5.75 Å². The highest BCUT2D eigenvalue weighted by Gasteiger charge is 2.29. The Balaban J connectivity index is 1.98. The quantitative estimate of drug-likeness (QED) is 0.385. The molecule has 180 valence electrons. The fourth-order valence-electron chi connectivity index (χ4n) is 3.94. The summed E-state index contributed by atoms with van der Waals surface area (Å²) in [6, 6.07) is 17.2. The number of hydrogen-bond donors (Lipinski definition) is 1. The number of hydrogen-bond acceptors (Lipinski definition) is 6. The minimum atomic E-state index is -0.481. The van der Waals surface area contributed by atoms with Crippen molar-refractivity contribution in [2.45, 2.75) is 52.2 Å². The molecule has 1 aliphatic carbocycles. The fourth-order valence-corrected chi connectivity index (χ4v) is 3.94. The van der Waals surface area contributed by atoms with Crippen molar-refractivity contribution in [3.63, 3.8) is 0 Å². The summed E-state index contributed by atoms with van der Waals surface area (Å²) < 4.78 is 16.8. The largest absolute Gasteiger partial charge is 0.497 e. The number of ether oxygens (including phenoxy) is 3. The molecule has 0 saturated carbocycles. The molecule has 0 aliphatic heterocycles. The van der Waals surface area contributed by atoms with Gasteiger partial charge in [0, 0.05) is 35.0 Å². The second-order valence-electron chi connectivity index (χ2n) is 8.11. The molecule has 34 heavy (non-hydrogen) atoms. The van der Waals surface area contributed by atoms with Gasteiger partial charge in [0.15, 0.2) is 5.78 Å². The van der Waals surface area contributed by atoms with E-state index in [2.05, 4.69) is 5.32 Å². The lowest BCUT2D eigenvalue weighted by Gasteiger charge is -2.25. The summed E-state index contributed by atoms with van der Waals surface area (Å²) in [5.74, 6) is 0.332. The third-order valence-electron chi connectivity index (χ3n) is 5.74. The van der Waals surface area contributed by atoms with Gasteiger partial charge in [0.25, 0.3) is 0 Å². The van der Waals surface area contributed by atoms with Crippen molar-refractivity contribution in [1.82, 2.24) is 0 Å². The molecular formula is C28H33NO5. The van der Waals surface area contributed by atoms with Gasteiger partial charge >= 0.3 is 5.97 Å². The number of nitrogens with one attached hydrogen (secondary N) is 1. The number of carbonyl (C=O) groups is 2. The van der Waals surface area contributed by atoms with Crippen molar-refractivity contribution >= 4 is 17.4 Å². The lowest BCUT2D eigenvalue weighted by Crippen LogP contribution is -2.25. The van der Waals surface area contributed by atoms with Crippen molar-refractivity contribution in [2.24, 2.45) is 0 Å². The molecule has 0 heterocycles. The summed E-state index contributed by atoms with van der Waals surface area (Å²) in [4.78, 5) is 26.2. The Morgan fingerprint density at radius 3 is 2.44 bits per heavy atom. The first kappa shape index (κ1) is 25.2. The predicted octanol–water partition coefficient (Wildman–Crippen LogP) is 5.60. The van der Waals surface area contributed by atoms with Gasteiger partial charge in [-0.1, -0.05) is 30.3 Å². The second kappa shape index (κ2) is 12.8. The minimum Gasteiger partial charge on any atom is -0.497 e. The van der Waals surface area contributed by atoms with E-state index in [0.29, 0.717) is 42.6 Å². The van der Waals surface area contributed by atoms with Gasteiger partial charge in [-0.3, -0.25) is 4.79 Å². The molecule has 0 radical (unpaired) electrons. The fraction of sp³-hybridized carbons (Fsp3) is 0.357. The molecule has 1 unspecified atom stereocenters. The Hall–Kier alpha value is -3.38. The van der Waals surface area contributed by atoms with E-state index in [9.17, 15) is 9.59 Å². The van der Waals surface area contributed by atoms with Crippen LogP contribution in [0.25, 0.3) is 0 Å². The topological polar surface area (TPSA) is 73.9 Å². The summed E-state index contributed by atoms with van der Waals surface area (Å²) in [5.41, 5.74) is 3.39. The number of anilines is 1. The van der Waals surface area contributed by atoms with Crippen molar-refractivity contribution in [3.05, 3.63) is 83.1 Å². The maximum absolute atomic E-state index is 13.2. The lowest BCUT2D eigenvalue weighted by atomic mass is 9.86. The predicted molar refractivity (Wildman–Crippen MR) is 133 cm³/mol. The monoisotopic (exact) mass is 463 g/mol. The Labute approximate surface area is 201 Å². The highest BCUT2D eigenvalue weighted by Crippen LogP contribution is 2.31. The van der Waals surface area contributed by atoms with Crippen LogP contribution in [0.4, 0.5) is 5.69 Å². The molecule has 0 amide bonds. The Bertz CT molecular complexity index is 1020. The van der Waals surface area contributed by atoms with Gasteiger partial charge in [-0.15, -0.1) is 0 Å². The zero-order valence-electron chi connectivity index (χ0n) is 20.1. The van der Waals surface area contributed by atoms with E-state index in [1.807, 2.05) is 61.5 Å². The van der Waals surface area contributed by atoms with Crippen LogP contribution in [-0.2, 0) is 25.7 Å². The van der Waals surface area contributed by atoms with Crippen LogP contribution in [0.3, 0.4) is 0 Å². The summed E-state index contributed by atoms with van der Waals surface area (Å²) in [7, 11) is 1.61. The number of methoxy groups -OCH3 is 1. The molecule has 2 aromatic rings. The zero-order valence-corrected chi connectivity index (χ0v) is 20.1. The SMILES string of the molecule is CCOC(=O)/C1=C(C(C)OCc2ccccc2)/C(=C/Nc2ccc(OC)cc2)C(=O)CCCC1. The highest BCUT2D eigenvalue weighted by atomic mass is 16.5. The molecule has 6 heteroatoms. The molecular weight excluding hydrogens is 430 g/mol. The third kappa shape index (κ3) is 6.81. The maximum atomic E-state index is 13.2. The first-order valence-corrected chi connectivity index (χ1v) is 11.7. The zero-order chi connectivity index (χ0) is 24.3. The molecule has 0 aromatic heterocycles. The summed E-state index contributed by atoms with van der Waals surface area (Å²) in [6.07, 6.45) is 3.63. The van der Waals surface area contributed by atoms with Crippen molar-refractivity contribution in [1.29, 1.82) is 0 Å². The Morgan fingerprint density at radius 1 is 1.06 bits per heavy atom. The lowest BCUT2D eigenvalue weighted by molar-refractivity contribution is -0.138. The average molecular weight is 464 g/mol. The number of ketones is 1. The molecule has 2 aromatic carbocycles. The number of benzene rings is 2. The van der Waals surface area contributed by atoms with E-state index in [0.717, 1.165) is 23.4 Å². The normalized spacial score (nSPS) is 18.7. The van der Waals surface area contributed by atoms with Gasteiger partial charge in [0.2, 0.25) is 0 Å². The molecule has 1 N–H and O–H groups in total. The van der Waals surface area contributed by atoms with Gasteiger partial charge in [-0.25, -0.2) is 4.79 Å². The molecule has 3 rings (SSSR count). The van der Waals surface area contributed by atoms with E-state index in [-0.39, 0.29) is 12.4 Å². The van der Waals surface area contributed by atoms with Crippen molar-refractivity contribution in [2.75, 3.05) is 19.0 Å². The van der Waals surface area contributed by atoms with Gasteiger partial charge in [-0.2, -0.15) is 0 Å². The first-order chi connectivity index (χ1) is 16.5. The minimum absolute atomic E-state index is 0.0207. The van der Waals surface area contributed by atoms with Crippen molar-refractivity contribution in [3.8, 4) is 5.75 Å². The van der Waals surface area contributed by atoms with Crippen LogP contribution in [0.5, 0.6) is 5.75 Å². The summed E-state index contributed by atoms with van der Waals surface area (Å²) in [6.45, 7) is 4.30. The van der Waals surface area contributed by atoms with Crippen LogP contribution in [0.1, 0.15) is 45.1 Å². The van der Waals surface area contributed by atoms with Crippen LogP contribution in [0, 0.1) is 0 Å². The van der Waals surface area contributed by atoms with Crippen LogP contribution in [0.15, 0.2) is 77.5 Å². The molecule has 0 spiro atoms. The first-order valence-electron chi connectivity index (χ1n) is 11.7. The second-order valence-corrected chi connectivity index (χ2v) is 8.11. The van der Waals surface area contributed by atoms with E-state index in [1.54, 1.807) is 20.2 Å². The Kier molecular flexibility index (Phi) is 9.47. The molecule has 0 saturated heterocycles. The molecule has 0 bridgehead atoms. The number of esters is 1. The highest BCUT2D eigenvalue weighted by molar-refractivity contribution is 6.03. The van der Waals surface area contributed by atoms with Crippen LogP contribution >= 0.6 is 0 Å². The number of carbonyl (C=O) groups excluding carboxylic acids is 2. The smallest absolute Gasteiger partial charge is 0.334 e. The van der Waals surface area contributed by atoms with Crippen molar-refractivity contribution < 1.29 is 23.8 Å².